The number of halogens is 7. The highest BCUT2D eigenvalue weighted by Gasteiger charge is 2.34. The van der Waals surface area contributed by atoms with Crippen LogP contribution in [0.3, 0.4) is 0 Å². The number of hydrogen-bond donors (Lipinski definition) is 0. The molecule has 0 aromatic heterocycles. The van der Waals surface area contributed by atoms with Gasteiger partial charge in [-0.2, -0.15) is 0 Å². The topological polar surface area (TPSA) is 63.2 Å². The highest BCUT2D eigenvalue weighted by atomic mass is 19.4. The summed E-state index contributed by atoms with van der Waals surface area (Å²) in [6.07, 6.45) is -10.4. The lowest BCUT2D eigenvalue weighted by Crippen LogP contribution is -2.37. The second-order valence-electron chi connectivity index (χ2n) is 6.03. The van der Waals surface area contributed by atoms with Crippen LogP contribution in [0.1, 0.15) is 10.4 Å². The maximum absolute atomic E-state index is 14.4. The molecule has 0 atom stereocenters. The third-order valence-electron chi connectivity index (χ3n) is 3.31. The molecule has 16 heteroatoms. The van der Waals surface area contributed by atoms with E-state index < -0.39 is 64.1 Å². The maximum Gasteiger partial charge on any atom is 0.573 e. The Kier molecular flexibility index (Phi) is 7.39. The minimum absolute atomic E-state index is 0.231. The van der Waals surface area contributed by atoms with Gasteiger partial charge in [-0.15, -0.1) is 26.3 Å². The number of alkyl halides is 6. The zero-order chi connectivity index (χ0) is 25.2. The Balaban J connectivity index is 2.59. The Hall–Kier alpha value is -3.19. The molecule has 2 aromatic carbocycles. The molecule has 0 aliphatic rings. The Morgan fingerprint density at radius 1 is 0.788 bits per heavy atom. The van der Waals surface area contributed by atoms with Crippen LogP contribution in [0.5, 0.6) is 28.7 Å². The van der Waals surface area contributed by atoms with Crippen LogP contribution in [-0.2, 0) is 4.74 Å². The molecule has 0 aliphatic heterocycles. The van der Waals surface area contributed by atoms with Crippen LogP contribution in [-0.4, -0.2) is 54.6 Å². The SMILES string of the molecule is [B]C([B])([B])Oc1cc(OC(F)(F)F)ccc1Oc1cc(OC(F)(F)F)cc(F)c1C(=O)OC. The number of benzene rings is 2. The average Bonchev–Trinajstić information content (AvgIpc) is 2.59. The van der Waals surface area contributed by atoms with E-state index in [1.807, 2.05) is 0 Å². The molecule has 0 aliphatic carbocycles. The molecule has 6 radical (unpaired) electrons. The van der Waals surface area contributed by atoms with Crippen molar-refractivity contribution in [3.05, 3.63) is 41.7 Å². The Morgan fingerprint density at radius 3 is 1.85 bits per heavy atom. The summed E-state index contributed by atoms with van der Waals surface area (Å²) in [5.41, 5.74) is -0.979. The van der Waals surface area contributed by atoms with Crippen molar-refractivity contribution in [2.75, 3.05) is 7.11 Å². The van der Waals surface area contributed by atoms with Gasteiger partial charge in [-0.3, -0.25) is 0 Å². The zero-order valence-corrected chi connectivity index (χ0v) is 16.2. The minimum Gasteiger partial charge on any atom is -0.512 e. The summed E-state index contributed by atoms with van der Waals surface area (Å²) in [4.78, 5) is 11.9. The van der Waals surface area contributed by atoms with Gasteiger partial charge in [0.05, 0.1) is 7.11 Å². The fourth-order valence-corrected chi connectivity index (χ4v) is 2.29. The molecule has 0 heterocycles. The number of esters is 1. The van der Waals surface area contributed by atoms with Crippen molar-refractivity contribution in [2.45, 2.75) is 18.0 Å². The van der Waals surface area contributed by atoms with Crippen LogP contribution in [0.2, 0.25) is 0 Å². The summed E-state index contributed by atoms with van der Waals surface area (Å²) in [7, 11) is 16.6. The lowest BCUT2D eigenvalue weighted by Gasteiger charge is -2.25. The van der Waals surface area contributed by atoms with Gasteiger partial charge in [-0.05, 0) is 17.4 Å². The average molecular weight is 474 g/mol. The van der Waals surface area contributed by atoms with Gasteiger partial charge in [-0.1, -0.05) is 0 Å². The lowest BCUT2D eigenvalue weighted by atomic mass is 9.52. The maximum atomic E-state index is 14.4. The van der Waals surface area contributed by atoms with Crippen molar-refractivity contribution < 1.29 is 59.2 Å². The molecule has 170 valence electrons. The van der Waals surface area contributed by atoms with E-state index in [9.17, 15) is 35.5 Å². The lowest BCUT2D eigenvalue weighted by molar-refractivity contribution is -0.275. The quantitative estimate of drug-likeness (QED) is 0.347. The Morgan fingerprint density at radius 2 is 1.33 bits per heavy atom. The Bertz CT molecular complexity index is 1020. The van der Waals surface area contributed by atoms with Crippen molar-refractivity contribution in [1.82, 2.24) is 0 Å². The standard InChI is InChI=1S/C17H8B3F7O6/c1-29-14(28)13-9(21)4-8(32-17(25,26)27)6-12(13)30-10-3-2-7(31-16(22,23)24)5-11(10)33-15(18,19)20/h2-6H,1H3. The third-order valence-corrected chi connectivity index (χ3v) is 3.31. The number of methoxy groups -OCH3 is 1. The molecule has 0 unspecified atom stereocenters. The van der Waals surface area contributed by atoms with Crippen LogP contribution in [0.25, 0.3) is 0 Å². The van der Waals surface area contributed by atoms with Crippen LogP contribution in [0.4, 0.5) is 30.7 Å². The Labute approximate surface area is 185 Å². The summed E-state index contributed by atoms with van der Waals surface area (Å²) in [6.45, 7) is 0. The smallest absolute Gasteiger partial charge is 0.512 e. The first kappa shape index (κ1) is 26.1. The second-order valence-corrected chi connectivity index (χ2v) is 6.03. The van der Waals surface area contributed by atoms with Crippen LogP contribution < -0.4 is 18.9 Å². The van der Waals surface area contributed by atoms with E-state index in [1.165, 1.54) is 0 Å². The first-order valence-electron chi connectivity index (χ1n) is 8.28. The van der Waals surface area contributed by atoms with Gasteiger partial charge in [-0.25, -0.2) is 9.18 Å². The largest absolute Gasteiger partial charge is 0.573 e. The first-order valence-corrected chi connectivity index (χ1v) is 8.28. The minimum atomic E-state index is -5.24. The molecule has 0 saturated carbocycles. The van der Waals surface area contributed by atoms with E-state index in [0.717, 1.165) is 13.2 Å². The molecule has 0 saturated heterocycles. The molecule has 2 rings (SSSR count). The van der Waals surface area contributed by atoms with Crippen molar-refractivity contribution >= 4 is 29.5 Å². The number of ether oxygens (including phenoxy) is 5. The van der Waals surface area contributed by atoms with E-state index >= 15 is 0 Å². The first-order chi connectivity index (χ1) is 15.0. The zero-order valence-electron chi connectivity index (χ0n) is 16.2. The fourth-order valence-electron chi connectivity index (χ4n) is 2.29. The highest BCUT2D eigenvalue weighted by molar-refractivity contribution is 6.58. The van der Waals surface area contributed by atoms with Crippen LogP contribution in [0, 0.1) is 5.82 Å². The third kappa shape index (κ3) is 8.02. The predicted octanol–water partition coefficient (Wildman–Crippen LogP) is 3.70. The van der Waals surface area contributed by atoms with E-state index in [4.69, 9.17) is 33.0 Å². The van der Waals surface area contributed by atoms with Gasteiger partial charge >= 0.3 is 18.7 Å². The molecular weight excluding hydrogens is 466 g/mol. The number of rotatable bonds is 7. The van der Waals surface area contributed by atoms with Crippen molar-refractivity contribution in [3.8, 4) is 28.7 Å². The van der Waals surface area contributed by atoms with Crippen molar-refractivity contribution in [2.24, 2.45) is 0 Å². The predicted molar refractivity (Wildman–Crippen MR) is 98.2 cm³/mol. The molecule has 0 N–H and O–H groups in total. The van der Waals surface area contributed by atoms with Crippen molar-refractivity contribution in [3.63, 3.8) is 0 Å². The van der Waals surface area contributed by atoms with Gasteiger partial charge in [0.15, 0.2) is 11.5 Å². The number of carbonyl (C=O) groups excluding carboxylic acids is 1. The van der Waals surface area contributed by atoms with Gasteiger partial charge in [0, 0.05) is 18.2 Å². The van der Waals surface area contributed by atoms with Gasteiger partial charge in [0.25, 0.3) is 0 Å². The molecule has 2 aromatic rings. The van der Waals surface area contributed by atoms with E-state index in [0.29, 0.717) is 18.2 Å². The molecule has 0 bridgehead atoms. The van der Waals surface area contributed by atoms with Gasteiger partial charge in [0.1, 0.15) is 52.2 Å². The summed E-state index contributed by atoms with van der Waals surface area (Å²) in [5, 5.41) is -2.48. The summed E-state index contributed by atoms with van der Waals surface area (Å²) in [5.74, 6) is -7.12. The monoisotopic (exact) mass is 474 g/mol. The van der Waals surface area contributed by atoms with Crippen LogP contribution in [0.15, 0.2) is 30.3 Å². The van der Waals surface area contributed by atoms with Gasteiger partial charge in [0.2, 0.25) is 0 Å². The summed E-state index contributed by atoms with van der Waals surface area (Å²) in [6, 6.07) is 2.72. The van der Waals surface area contributed by atoms with Crippen molar-refractivity contribution in [1.29, 1.82) is 0 Å². The van der Waals surface area contributed by atoms with E-state index in [2.05, 4.69) is 14.2 Å². The molecule has 0 amide bonds. The fraction of sp³-hybridized carbons (Fsp3) is 0.235. The molecule has 0 spiro atoms. The normalized spacial score (nSPS) is 12.1. The van der Waals surface area contributed by atoms with Gasteiger partial charge < -0.3 is 23.7 Å². The molecule has 33 heavy (non-hydrogen) atoms. The number of hydrogen-bond acceptors (Lipinski definition) is 6. The molecule has 6 nitrogen and oxygen atoms in total. The van der Waals surface area contributed by atoms with E-state index in [-0.39, 0.29) is 6.07 Å². The second kappa shape index (κ2) is 9.36. The van der Waals surface area contributed by atoms with E-state index in [1.54, 1.807) is 0 Å². The van der Waals surface area contributed by atoms with Crippen LogP contribution >= 0.6 is 0 Å². The number of carbonyl (C=O) groups is 1. The molecular formula is C17H8B3F7O6. The summed E-state index contributed by atoms with van der Waals surface area (Å²) < 4.78 is 111. The highest BCUT2D eigenvalue weighted by Crippen LogP contribution is 2.40. The molecule has 0 fully saturated rings. The summed E-state index contributed by atoms with van der Waals surface area (Å²) >= 11 is 0.